The lowest BCUT2D eigenvalue weighted by atomic mass is 10.6. The van der Waals surface area contributed by atoms with Gasteiger partial charge < -0.3 is 10.1 Å². The Morgan fingerprint density at radius 3 is 2.71 bits per heavy atom. The van der Waals surface area contributed by atoms with E-state index in [-0.39, 0.29) is 5.88 Å². The standard InChI is InChI=1S/C7H8F3N3O/c1-11-5-2-12-3-6(13-5)14-4-7(8,9)10/h2-3H,4H2,1H3,(H,11,13). The number of hydrogen-bond acceptors (Lipinski definition) is 4. The summed E-state index contributed by atoms with van der Waals surface area (Å²) in [6.07, 6.45) is -1.87. The first-order valence-corrected chi connectivity index (χ1v) is 3.70. The third-order valence-corrected chi connectivity index (χ3v) is 1.25. The number of hydrogen-bond donors (Lipinski definition) is 1. The highest BCUT2D eigenvalue weighted by molar-refractivity contribution is 5.31. The number of anilines is 1. The van der Waals surface area contributed by atoms with Gasteiger partial charge in [-0.05, 0) is 0 Å². The Bertz CT molecular complexity index is 302. The van der Waals surface area contributed by atoms with Crippen LogP contribution in [0, 0.1) is 0 Å². The zero-order chi connectivity index (χ0) is 10.6. The topological polar surface area (TPSA) is 47.0 Å². The maximum absolute atomic E-state index is 11.7. The first-order chi connectivity index (χ1) is 6.51. The Labute approximate surface area is 78.1 Å². The molecule has 0 radical (unpaired) electrons. The third kappa shape index (κ3) is 3.46. The van der Waals surface area contributed by atoms with Gasteiger partial charge in [0, 0.05) is 7.05 Å². The Morgan fingerprint density at radius 1 is 1.43 bits per heavy atom. The van der Waals surface area contributed by atoms with Crippen molar-refractivity contribution < 1.29 is 17.9 Å². The minimum atomic E-state index is -4.36. The SMILES string of the molecule is CNc1cncc(OCC(F)(F)F)n1. The van der Waals surface area contributed by atoms with E-state index in [0.29, 0.717) is 5.82 Å². The van der Waals surface area contributed by atoms with Gasteiger partial charge in [-0.3, -0.25) is 4.98 Å². The fraction of sp³-hybridized carbons (Fsp3) is 0.429. The largest absolute Gasteiger partial charge is 0.467 e. The number of nitrogens with zero attached hydrogens (tertiary/aromatic N) is 2. The van der Waals surface area contributed by atoms with E-state index in [1.807, 2.05) is 0 Å². The Balaban J connectivity index is 2.59. The molecule has 0 fully saturated rings. The van der Waals surface area contributed by atoms with Crippen molar-refractivity contribution in [3.8, 4) is 5.88 Å². The van der Waals surface area contributed by atoms with E-state index < -0.39 is 12.8 Å². The van der Waals surface area contributed by atoms with Gasteiger partial charge >= 0.3 is 6.18 Å². The molecule has 0 unspecified atom stereocenters. The lowest BCUT2D eigenvalue weighted by molar-refractivity contribution is -0.154. The molecule has 0 atom stereocenters. The predicted octanol–water partition coefficient (Wildman–Crippen LogP) is 1.46. The van der Waals surface area contributed by atoms with Gasteiger partial charge in [0.1, 0.15) is 5.82 Å². The fourth-order valence-electron chi connectivity index (χ4n) is 0.694. The molecule has 78 valence electrons. The van der Waals surface area contributed by atoms with Crippen LogP contribution in [0.4, 0.5) is 19.0 Å². The summed E-state index contributed by atoms with van der Waals surface area (Å²) >= 11 is 0. The van der Waals surface area contributed by atoms with Crippen molar-refractivity contribution in [2.24, 2.45) is 0 Å². The Morgan fingerprint density at radius 2 is 2.14 bits per heavy atom. The molecular formula is C7H8F3N3O. The fourth-order valence-corrected chi connectivity index (χ4v) is 0.694. The molecule has 0 aromatic carbocycles. The summed E-state index contributed by atoms with van der Waals surface area (Å²) in [5.74, 6) is 0.193. The number of halogens is 3. The summed E-state index contributed by atoms with van der Waals surface area (Å²) in [6, 6.07) is 0. The average Bonchev–Trinajstić information content (AvgIpc) is 2.14. The molecule has 0 aliphatic rings. The second-order valence-corrected chi connectivity index (χ2v) is 2.40. The van der Waals surface area contributed by atoms with Crippen LogP contribution >= 0.6 is 0 Å². The van der Waals surface area contributed by atoms with Crippen LogP contribution in [-0.4, -0.2) is 29.8 Å². The molecule has 0 spiro atoms. The van der Waals surface area contributed by atoms with E-state index in [4.69, 9.17) is 0 Å². The molecule has 4 nitrogen and oxygen atoms in total. The maximum atomic E-state index is 11.7. The molecular weight excluding hydrogens is 199 g/mol. The van der Waals surface area contributed by atoms with Crippen molar-refractivity contribution >= 4 is 5.82 Å². The first-order valence-electron chi connectivity index (χ1n) is 3.70. The lowest BCUT2D eigenvalue weighted by Gasteiger charge is -2.08. The highest BCUT2D eigenvalue weighted by Gasteiger charge is 2.28. The number of rotatable bonds is 3. The van der Waals surface area contributed by atoms with E-state index in [9.17, 15) is 13.2 Å². The van der Waals surface area contributed by atoms with E-state index in [1.165, 1.54) is 6.20 Å². The smallest absolute Gasteiger partial charge is 0.422 e. The van der Waals surface area contributed by atoms with Crippen LogP contribution in [0.2, 0.25) is 0 Å². The van der Waals surface area contributed by atoms with Gasteiger partial charge in [0.05, 0.1) is 12.4 Å². The number of aromatic nitrogens is 2. The molecule has 1 rings (SSSR count). The van der Waals surface area contributed by atoms with Crippen molar-refractivity contribution in [1.82, 2.24) is 9.97 Å². The minimum absolute atomic E-state index is 0.158. The van der Waals surface area contributed by atoms with Crippen molar-refractivity contribution in [2.75, 3.05) is 19.0 Å². The van der Waals surface area contributed by atoms with Crippen LogP contribution in [0.3, 0.4) is 0 Å². The minimum Gasteiger partial charge on any atom is -0.467 e. The van der Waals surface area contributed by atoms with Crippen molar-refractivity contribution in [3.63, 3.8) is 0 Å². The summed E-state index contributed by atoms with van der Waals surface area (Å²) in [4.78, 5) is 7.34. The molecule has 0 amide bonds. The number of nitrogens with one attached hydrogen (secondary N) is 1. The van der Waals surface area contributed by atoms with Gasteiger partial charge in [-0.2, -0.15) is 18.2 Å². The lowest BCUT2D eigenvalue weighted by Crippen LogP contribution is -2.19. The summed E-state index contributed by atoms with van der Waals surface area (Å²) in [6.45, 7) is -1.37. The van der Waals surface area contributed by atoms with Crippen LogP contribution in [-0.2, 0) is 0 Å². The second kappa shape index (κ2) is 4.12. The third-order valence-electron chi connectivity index (χ3n) is 1.25. The molecule has 1 N–H and O–H groups in total. The van der Waals surface area contributed by atoms with Gasteiger partial charge in [0.25, 0.3) is 0 Å². The van der Waals surface area contributed by atoms with Crippen LogP contribution in [0.15, 0.2) is 12.4 Å². The zero-order valence-corrected chi connectivity index (χ0v) is 7.30. The first kappa shape index (κ1) is 10.6. The summed E-state index contributed by atoms with van der Waals surface area (Å²) < 4.78 is 39.6. The monoisotopic (exact) mass is 207 g/mol. The molecule has 1 heterocycles. The molecule has 1 aromatic rings. The zero-order valence-electron chi connectivity index (χ0n) is 7.30. The molecule has 0 aliphatic carbocycles. The molecule has 0 bridgehead atoms. The van der Waals surface area contributed by atoms with Crippen LogP contribution < -0.4 is 10.1 Å². The maximum Gasteiger partial charge on any atom is 0.422 e. The molecule has 7 heteroatoms. The molecule has 0 aliphatic heterocycles. The normalized spacial score (nSPS) is 11.1. The molecule has 0 saturated carbocycles. The number of ether oxygens (including phenoxy) is 1. The molecule has 1 aromatic heterocycles. The van der Waals surface area contributed by atoms with Gasteiger partial charge in [0.15, 0.2) is 6.61 Å². The van der Waals surface area contributed by atoms with Gasteiger partial charge in [0.2, 0.25) is 5.88 Å². The number of alkyl halides is 3. The van der Waals surface area contributed by atoms with Crippen molar-refractivity contribution in [2.45, 2.75) is 6.18 Å². The van der Waals surface area contributed by atoms with Crippen LogP contribution in [0.25, 0.3) is 0 Å². The molecule has 0 saturated heterocycles. The van der Waals surface area contributed by atoms with Crippen LogP contribution in [0.1, 0.15) is 0 Å². The average molecular weight is 207 g/mol. The van der Waals surface area contributed by atoms with E-state index in [0.717, 1.165) is 6.20 Å². The van der Waals surface area contributed by atoms with Gasteiger partial charge in [-0.15, -0.1) is 0 Å². The van der Waals surface area contributed by atoms with Crippen LogP contribution in [0.5, 0.6) is 5.88 Å². The highest BCUT2D eigenvalue weighted by Crippen LogP contribution is 2.17. The summed E-state index contributed by atoms with van der Waals surface area (Å²) in [5.41, 5.74) is 0. The van der Waals surface area contributed by atoms with Crippen molar-refractivity contribution in [1.29, 1.82) is 0 Å². The predicted molar refractivity (Wildman–Crippen MR) is 43.1 cm³/mol. The van der Waals surface area contributed by atoms with E-state index in [2.05, 4.69) is 20.0 Å². The second-order valence-electron chi connectivity index (χ2n) is 2.40. The Kier molecular flexibility index (Phi) is 3.10. The van der Waals surface area contributed by atoms with E-state index >= 15 is 0 Å². The van der Waals surface area contributed by atoms with E-state index in [1.54, 1.807) is 7.05 Å². The highest BCUT2D eigenvalue weighted by atomic mass is 19.4. The van der Waals surface area contributed by atoms with Gasteiger partial charge in [-0.1, -0.05) is 0 Å². The Hall–Kier alpha value is -1.53. The quantitative estimate of drug-likeness (QED) is 0.815. The molecule has 14 heavy (non-hydrogen) atoms. The summed E-state index contributed by atoms with van der Waals surface area (Å²) in [7, 11) is 1.58. The van der Waals surface area contributed by atoms with Gasteiger partial charge in [-0.25, -0.2) is 0 Å². The summed E-state index contributed by atoms with van der Waals surface area (Å²) in [5, 5.41) is 2.63. The van der Waals surface area contributed by atoms with Crippen molar-refractivity contribution in [3.05, 3.63) is 12.4 Å².